The molecule has 3 aromatic rings. The van der Waals surface area contributed by atoms with Gasteiger partial charge in [-0.15, -0.1) is 10.2 Å². The van der Waals surface area contributed by atoms with E-state index in [9.17, 15) is 16.8 Å². The van der Waals surface area contributed by atoms with E-state index in [1.54, 1.807) is 24.3 Å². The number of benzene rings is 2. The average molecular weight is 438 g/mol. The summed E-state index contributed by atoms with van der Waals surface area (Å²) in [6, 6.07) is 15.3. The first-order valence-corrected chi connectivity index (χ1v) is 11.7. The highest BCUT2D eigenvalue weighted by Crippen LogP contribution is 2.24. The van der Waals surface area contributed by atoms with Crippen LogP contribution >= 0.6 is 11.6 Å². The first-order valence-electron chi connectivity index (χ1n) is 8.16. The number of aromatic nitrogens is 2. The molecule has 146 valence electrons. The molecule has 0 unspecified atom stereocenters. The summed E-state index contributed by atoms with van der Waals surface area (Å²) >= 11 is 5.79. The molecule has 1 N–H and O–H groups in total. The Kier molecular flexibility index (Phi) is 5.69. The highest BCUT2D eigenvalue weighted by molar-refractivity contribution is 7.92. The minimum Gasteiger partial charge on any atom is -0.280 e. The Labute approximate surface area is 168 Å². The summed E-state index contributed by atoms with van der Waals surface area (Å²) in [5.74, 6) is -0.0665. The Morgan fingerprint density at radius 1 is 0.929 bits per heavy atom. The predicted molar refractivity (Wildman–Crippen MR) is 107 cm³/mol. The molecule has 10 heteroatoms. The van der Waals surface area contributed by atoms with Crippen LogP contribution in [0.15, 0.2) is 70.6 Å². The number of rotatable bonds is 6. The topological polar surface area (TPSA) is 106 Å². The van der Waals surface area contributed by atoms with Gasteiger partial charge in [-0.1, -0.05) is 30.7 Å². The van der Waals surface area contributed by atoms with E-state index in [-0.39, 0.29) is 15.7 Å². The van der Waals surface area contributed by atoms with Gasteiger partial charge in [0.25, 0.3) is 10.0 Å². The SMILES string of the molecule is CCS(=O)(=O)c1ccc(-c2cccc(NS(=O)(=O)c3ccc(Cl)cc3)c2)nn1. The normalized spacial score (nSPS) is 11.9. The van der Waals surface area contributed by atoms with Gasteiger partial charge in [0.1, 0.15) is 0 Å². The number of nitrogens with zero attached hydrogens (tertiary/aromatic N) is 2. The number of nitrogens with one attached hydrogen (secondary N) is 1. The van der Waals surface area contributed by atoms with E-state index in [2.05, 4.69) is 14.9 Å². The molecular weight excluding hydrogens is 422 g/mol. The summed E-state index contributed by atoms with van der Waals surface area (Å²) in [7, 11) is -7.22. The minimum atomic E-state index is -3.78. The average Bonchev–Trinajstić information content (AvgIpc) is 2.68. The fraction of sp³-hybridized carbons (Fsp3) is 0.111. The molecule has 1 aromatic heterocycles. The van der Waals surface area contributed by atoms with E-state index in [0.717, 1.165) is 0 Å². The third kappa shape index (κ3) is 4.49. The molecule has 0 bridgehead atoms. The molecule has 0 amide bonds. The zero-order valence-electron chi connectivity index (χ0n) is 14.7. The number of anilines is 1. The van der Waals surface area contributed by atoms with E-state index >= 15 is 0 Å². The van der Waals surface area contributed by atoms with Crippen molar-refractivity contribution in [3.63, 3.8) is 0 Å². The number of hydrogen-bond acceptors (Lipinski definition) is 6. The fourth-order valence-corrected chi connectivity index (χ4v) is 4.27. The second kappa shape index (κ2) is 7.86. The Hall–Kier alpha value is -2.49. The van der Waals surface area contributed by atoms with Crippen molar-refractivity contribution in [2.24, 2.45) is 0 Å². The van der Waals surface area contributed by atoms with Gasteiger partial charge in [-0.05, 0) is 48.5 Å². The third-order valence-corrected chi connectivity index (χ3v) is 7.14. The molecule has 7 nitrogen and oxygen atoms in total. The Morgan fingerprint density at radius 3 is 2.25 bits per heavy atom. The quantitative estimate of drug-likeness (QED) is 0.633. The molecule has 0 fully saturated rings. The third-order valence-electron chi connectivity index (χ3n) is 3.87. The number of sulfone groups is 1. The molecule has 3 rings (SSSR count). The second-order valence-corrected chi connectivity index (χ2v) is 10.1. The van der Waals surface area contributed by atoms with Gasteiger partial charge in [-0.25, -0.2) is 16.8 Å². The molecule has 0 atom stereocenters. The summed E-state index contributed by atoms with van der Waals surface area (Å²) in [4.78, 5) is 0.0798. The summed E-state index contributed by atoms with van der Waals surface area (Å²) in [6.45, 7) is 1.53. The molecule has 0 radical (unpaired) electrons. The zero-order chi connectivity index (χ0) is 20.4. The number of hydrogen-bond donors (Lipinski definition) is 1. The lowest BCUT2D eigenvalue weighted by Gasteiger charge is -2.10. The van der Waals surface area contributed by atoms with Crippen molar-refractivity contribution in [1.82, 2.24) is 10.2 Å². The Balaban J connectivity index is 1.87. The lowest BCUT2D eigenvalue weighted by molar-refractivity contribution is 0.591. The molecule has 0 saturated carbocycles. The van der Waals surface area contributed by atoms with Crippen LogP contribution in [0.4, 0.5) is 5.69 Å². The summed E-state index contributed by atoms with van der Waals surface area (Å²) < 4.78 is 51.1. The van der Waals surface area contributed by atoms with Crippen molar-refractivity contribution in [2.75, 3.05) is 10.5 Å². The smallest absolute Gasteiger partial charge is 0.261 e. The number of sulfonamides is 1. The Bertz CT molecular complexity index is 1190. The highest BCUT2D eigenvalue weighted by Gasteiger charge is 2.16. The van der Waals surface area contributed by atoms with Gasteiger partial charge in [0.2, 0.25) is 0 Å². The first-order chi connectivity index (χ1) is 13.2. The summed E-state index contributed by atoms with van der Waals surface area (Å²) in [6.07, 6.45) is 0. The van der Waals surface area contributed by atoms with Gasteiger partial charge >= 0.3 is 0 Å². The minimum absolute atomic E-state index is 0.0665. The summed E-state index contributed by atoms with van der Waals surface area (Å²) in [5.41, 5.74) is 1.34. The maximum Gasteiger partial charge on any atom is 0.261 e. The van der Waals surface area contributed by atoms with Gasteiger partial charge in [-0.3, -0.25) is 4.72 Å². The second-order valence-electron chi connectivity index (χ2n) is 5.80. The van der Waals surface area contributed by atoms with Crippen molar-refractivity contribution in [3.05, 3.63) is 65.7 Å². The van der Waals surface area contributed by atoms with Crippen LogP contribution in [0.5, 0.6) is 0 Å². The zero-order valence-corrected chi connectivity index (χ0v) is 17.1. The standard InChI is InChI=1S/C18H16ClN3O4S2/c1-2-27(23,24)18-11-10-17(20-21-18)13-4-3-5-15(12-13)22-28(25,26)16-8-6-14(19)7-9-16/h3-12,22H,2H2,1H3. The first kappa shape index (κ1) is 20.2. The summed E-state index contributed by atoms with van der Waals surface area (Å²) in [5, 5.41) is 8.06. The van der Waals surface area contributed by atoms with Crippen LogP contribution in [0.1, 0.15) is 6.92 Å². The fourth-order valence-electron chi connectivity index (χ4n) is 2.36. The van der Waals surface area contributed by atoms with Gasteiger partial charge in [0.05, 0.1) is 16.3 Å². The van der Waals surface area contributed by atoms with Crippen molar-refractivity contribution in [2.45, 2.75) is 16.8 Å². The lowest BCUT2D eigenvalue weighted by Crippen LogP contribution is -2.12. The lowest BCUT2D eigenvalue weighted by atomic mass is 10.1. The molecule has 1 heterocycles. The van der Waals surface area contributed by atoms with E-state index in [1.807, 2.05) is 0 Å². The van der Waals surface area contributed by atoms with Crippen molar-refractivity contribution < 1.29 is 16.8 Å². The van der Waals surface area contributed by atoms with Crippen molar-refractivity contribution >= 4 is 37.1 Å². The molecule has 0 aliphatic rings. The van der Waals surface area contributed by atoms with Crippen LogP contribution in [0.2, 0.25) is 5.02 Å². The van der Waals surface area contributed by atoms with Gasteiger partial charge in [0.15, 0.2) is 14.9 Å². The van der Waals surface area contributed by atoms with Crippen LogP contribution in [0, 0.1) is 0 Å². The van der Waals surface area contributed by atoms with Crippen LogP contribution in [-0.2, 0) is 19.9 Å². The van der Waals surface area contributed by atoms with Gasteiger partial charge < -0.3 is 0 Å². The molecular formula is C18H16ClN3O4S2. The van der Waals surface area contributed by atoms with Crippen molar-refractivity contribution in [3.8, 4) is 11.3 Å². The van der Waals surface area contributed by atoms with E-state index in [4.69, 9.17) is 11.6 Å². The van der Waals surface area contributed by atoms with E-state index in [0.29, 0.717) is 22.0 Å². The monoisotopic (exact) mass is 437 g/mol. The van der Waals surface area contributed by atoms with Crippen LogP contribution < -0.4 is 4.72 Å². The molecule has 0 spiro atoms. The largest absolute Gasteiger partial charge is 0.280 e. The maximum atomic E-state index is 12.5. The van der Waals surface area contributed by atoms with Gasteiger partial charge in [-0.2, -0.15) is 0 Å². The van der Waals surface area contributed by atoms with Crippen LogP contribution in [0.3, 0.4) is 0 Å². The number of halogens is 1. The highest BCUT2D eigenvalue weighted by atomic mass is 35.5. The van der Waals surface area contributed by atoms with Crippen molar-refractivity contribution in [1.29, 1.82) is 0 Å². The Morgan fingerprint density at radius 2 is 1.64 bits per heavy atom. The molecule has 2 aromatic carbocycles. The van der Waals surface area contributed by atoms with Crippen LogP contribution in [-0.4, -0.2) is 32.8 Å². The molecule has 0 aliphatic heterocycles. The maximum absolute atomic E-state index is 12.5. The van der Waals surface area contributed by atoms with Gasteiger partial charge in [0, 0.05) is 16.3 Å². The molecule has 0 aliphatic carbocycles. The predicted octanol–water partition coefficient (Wildman–Crippen LogP) is 3.39. The molecule has 28 heavy (non-hydrogen) atoms. The van der Waals surface area contributed by atoms with E-state index < -0.39 is 19.9 Å². The van der Waals surface area contributed by atoms with E-state index in [1.165, 1.54) is 43.3 Å². The molecule has 0 saturated heterocycles. The van der Waals surface area contributed by atoms with Crippen LogP contribution in [0.25, 0.3) is 11.3 Å².